The summed E-state index contributed by atoms with van der Waals surface area (Å²) in [5.41, 5.74) is -0.548. The van der Waals surface area contributed by atoms with E-state index in [1.54, 1.807) is 0 Å². The molecule has 0 spiro atoms. The standard InChI is InChI=1S/C12H14N2O6/c15-8-1-2-11(14(17)18)10(5-8)12(16)13-6-9-7-19-3-4-20-9/h1-2,5,9,15H,3-4,6-7H2,(H,13,16). The number of carbonyl (C=O) groups excluding carboxylic acids is 1. The van der Waals surface area contributed by atoms with Gasteiger partial charge in [-0.15, -0.1) is 0 Å². The predicted molar refractivity (Wildman–Crippen MR) is 67.7 cm³/mol. The van der Waals surface area contributed by atoms with Crippen molar-refractivity contribution in [2.75, 3.05) is 26.4 Å². The van der Waals surface area contributed by atoms with Gasteiger partial charge in [0.15, 0.2) is 0 Å². The summed E-state index contributed by atoms with van der Waals surface area (Å²) in [5.74, 6) is -0.847. The van der Waals surface area contributed by atoms with Gasteiger partial charge in [0.05, 0.1) is 30.8 Å². The fourth-order valence-electron chi connectivity index (χ4n) is 1.82. The maximum Gasteiger partial charge on any atom is 0.282 e. The van der Waals surface area contributed by atoms with Gasteiger partial charge in [-0.05, 0) is 12.1 Å². The van der Waals surface area contributed by atoms with E-state index in [1.165, 1.54) is 0 Å². The van der Waals surface area contributed by atoms with Gasteiger partial charge in [0, 0.05) is 12.6 Å². The van der Waals surface area contributed by atoms with Crippen LogP contribution in [0.5, 0.6) is 5.75 Å². The second-order valence-electron chi connectivity index (χ2n) is 4.24. The Bertz CT molecular complexity index is 513. The van der Waals surface area contributed by atoms with Gasteiger partial charge in [-0.2, -0.15) is 0 Å². The van der Waals surface area contributed by atoms with E-state index in [0.29, 0.717) is 19.8 Å². The molecule has 1 atom stereocenters. The van der Waals surface area contributed by atoms with E-state index in [9.17, 15) is 20.0 Å². The molecule has 20 heavy (non-hydrogen) atoms. The minimum Gasteiger partial charge on any atom is -0.508 e. The molecule has 1 aliphatic heterocycles. The topological polar surface area (TPSA) is 111 Å². The van der Waals surface area contributed by atoms with Crippen LogP contribution in [0.2, 0.25) is 0 Å². The van der Waals surface area contributed by atoms with Crippen LogP contribution in [-0.2, 0) is 9.47 Å². The Kier molecular flexibility index (Phi) is 4.49. The largest absolute Gasteiger partial charge is 0.508 e. The molecule has 0 aliphatic carbocycles. The predicted octanol–water partition coefficient (Wildman–Crippen LogP) is 0.446. The van der Waals surface area contributed by atoms with Crippen molar-refractivity contribution in [2.45, 2.75) is 6.10 Å². The molecular weight excluding hydrogens is 268 g/mol. The molecule has 2 rings (SSSR count). The van der Waals surface area contributed by atoms with Gasteiger partial charge in [-0.1, -0.05) is 0 Å². The molecule has 1 fully saturated rings. The SMILES string of the molecule is O=C(NCC1COCCO1)c1cc(O)ccc1[N+](=O)[O-]. The Morgan fingerprint density at radius 2 is 2.30 bits per heavy atom. The maximum absolute atomic E-state index is 11.9. The smallest absolute Gasteiger partial charge is 0.282 e. The molecule has 1 saturated heterocycles. The molecule has 8 heteroatoms. The highest BCUT2D eigenvalue weighted by Crippen LogP contribution is 2.23. The number of hydrogen-bond acceptors (Lipinski definition) is 6. The third-order valence-electron chi connectivity index (χ3n) is 2.80. The minimum atomic E-state index is -0.672. The fourth-order valence-corrected chi connectivity index (χ4v) is 1.82. The summed E-state index contributed by atoms with van der Waals surface area (Å²) < 4.78 is 10.5. The van der Waals surface area contributed by atoms with E-state index in [-0.39, 0.29) is 29.6 Å². The van der Waals surface area contributed by atoms with Crippen LogP contribution in [0.3, 0.4) is 0 Å². The van der Waals surface area contributed by atoms with Crippen molar-refractivity contribution in [3.63, 3.8) is 0 Å². The van der Waals surface area contributed by atoms with Gasteiger partial charge in [0.2, 0.25) is 0 Å². The Morgan fingerprint density at radius 1 is 1.50 bits per heavy atom. The van der Waals surface area contributed by atoms with Crippen molar-refractivity contribution in [1.29, 1.82) is 0 Å². The van der Waals surface area contributed by atoms with Crippen LogP contribution in [0.4, 0.5) is 5.69 Å². The zero-order valence-corrected chi connectivity index (χ0v) is 10.6. The Hall–Kier alpha value is -2.19. The van der Waals surface area contributed by atoms with E-state index in [2.05, 4.69) is 5.32 Å². The summed E-state index contributed by atoms with van der Waals surface area (Å²) in [6.45, 7) is 1.52. The van der Waals surface area contributed by atoms with Crippen molar-refractivity contribution in [3.05, 3.63) is 33.9 Å². The lowest BCUT2D eigenvalue weighted by Gasteiger charge is -2.23. The number of aromatic hydroxyl groups is 1. The molecule has 2 N–H and O–H groups in total. The van der Waals surface area contributed by atoms with Crippen molar-refractivity contribution in [2.24, 2.45) is 0 Å². The summed E-state index contributed by atoms with van der Waals surface area (Å²) in [7, 11) is 0. The number of nitrogens with zero attached hydrogens (tertiary/aromatic N) is 1. The molecule has 0 aromatic heterocycles. The van der Waals surface area contributed by atoms with Gasteiger partial charge >= 0.3 is 0 Å². The number of benzene rings is 1. The Balaban J connectivity index is 2.04. The zero-order chi connectivity index (χ0) is 14.5. The number of ether oxygens (including phenoxy) is 2. The van der Waals surface area contributed by atoms with E-state index in [4.69, 9.17) is 9.47 Å². The van der Waals surface area contributed by atoms with Crippen LogP contribution < -0.4 is 5.32 Å². The van der Waals surface area contributed by atoms with Crippen LogP contribution in [0, 0.1) is 10.1 Å². The van der Waals surface area contributed by atoms with E-state index in [0.717, 1.165) is 18.2 Å². The normalized spacial score (nSPS) is 18.5. The molecule has 1 aromatic rings. The Labute approximate surface area is 114 Å². The number of phenolic OH excluding ortho intramolecular Hbond substituents is 1. The molecule has 8 nitrogen and oxygen atoms in total. The number of hydrogen-bond donors (Lipinski definition) is 2. The number of nitrogens with one attached hydrogen (secondary N) is 1. The first-order valence-corrected chi connectivity index (χ1v) is 6.03. The quantitative estimate of drug-likeness (QED) is 0.612. The van der Waals surface area contributed by atoms with Crippen molar-refractivity contribution in [1.82, 2.24) is 5.32 Å². The molecule has 108 valence electrons. The van der Waals surface area contributed by atoms with Gasteiger partial charge in [0.1, 0.15) is 11.3 Å². The van der Waals surface area contributed by atoms with Gasteiger partial charge < -0.3 is 19.9 Å². The van der Waals surface area contributed by atoms with Gasteiger partial charge in [-0.25, -0.2) is 0 Å². The van der Waals surface area contributed by atoms with Crippen LogP contribution in [0.25, 0.3) is 0 Å². The highest BCUT2D eigenvalue weighted by atomic mass is 16.6. The number of carbonyl (C=O) groups is 1. The summed E-state index contributed by atoms with van der Waals surface area (Å²) in [6.07, 6.45) is -0.274. The second kappa shape index (κ2) is 6.31. The first-order valence-electron chi connectivity index (χ1n) is 6.03. The molecule has 0 radical (unpaired) electrons. The number of nitro groups is 1. The molecule has 0 bridgehead atoms. The third kappa shape index (κ3) is 3.43. The first kappa shape index (κ1) is 14.2. The van der Waals surface area contributed by atoms with Crippen LogP contribution in [-0.4, -0.2) is 48.4 Å². The zero-order valence-electron chi connectivity index (χ0n) is 10.6. The summed E-state index contributed by atoms with van der Waals surface area (Å²) in [6, 6.07) is 3.31. The molecule has 1 aliphatic rings. The lowest BCUT2D eigenvalue weighted by molar-refractivity contribution is -0.385. The van der Waals surface area contributed by atoms with E-state index >= 15 is 0 Å². The van der Waals surface area contributed by atoms with E-state index < -0.39 is 10.8 Å². The molecule has 1 amide bonds. The average molecular weight is 282 g/mol. The highest BCUT2D eigenvalue weighted by molar-refractivity contribution is 5.98. The maximum atomic E-state index is 11.9. The molecule has 1 aromatic carbocycles. The number of rotatable bonds is 4. The molecule has 1 unspecified atom stereocenters. The van der Waals surface area contributed by atoms with Crippen molar-refractivity contribution >= 4 is 11.6 Å². The fraction of sp³-hybridized carbons (Fsp3) is 0.417. The summed E-state index contributed by atoms with van der Waals surface area (Å²) in [4.78, 5) is 22.1. The van der Waals surface area contributed by atoms with Crippen LogP contribution in [0.15, 0.2) is 18.2 Å². The number of phenols is 1. The first-order chi connectivity index (χ1) is 9.58. The monoisotopic (exact) mass is 282 g/mol. The third-order valence-corrected chi connectivity index (χ3v) is 2.80. The summed E-state index contributed by atoms with van der Waals surface area (Å²) >= 11 is 0. The van der Waals surface area contributed by atoms with Crippen molar-refractivity contribution < 1.29 is 24.3 Å². The molecule has 0 saturated carbocycles. The highest BCUT2D eigenvalue weighted by Gasteiger charge is 2.22. The average Bonchev–Trinajstić information content (AvgIpc) is 2.45. The van der Waals surface area contributed by atoms with Gasteiger partial charge in [-0.3, -0.25) is 14.9 Å². The molecule has 1 heterocycles. The lowest BCUT2D eigenvalue weighted by atomic mass is 10.1. The van der Waals surface area contributed by atoms with Crippen LogP contribution in [0.1, 0.15) is 10.4 Å². The van der Waals surface area contributed by atoms with Crippen molar-refractivity contribution in [3.8, 4) is 5.75 Å². The Morgan fingerprint density at radius 3 is 2.95 bits per heavy atom. The second-order valence-corrected chi connectivity index (χ2v) is 4.24. The summed E-state index contributed by atoms with van der Waals surface area (Å²) in [5, 5.41) is 22.7. The minimum absolute atomic E-state index is 0.186. The van der Waals surface area contributed by atoms with Crippen LogP contribution >= 0.6 is 0 Å². The lowest BCUT2D eigenvalue weighted by Crippen LogP contribution is -2.39. The number of amides is 1. The molecular formula is C12H14N2O6. The van der Waals surface area contributed by atoms with Gasteiger partial charge in [0.25, 0.3) is 11.6 Å². The number of nitro benzene ring substituents is 1. The van der Waals surface area contributed by atoms with E-state index in [1.807, 2.05) is 0 Å².